The first-order chi connectivity index (χ1) is 14.7. The van der Waals surface area contributed by atoms with E-state index in [2.05, 4.69) is 14.7 Å². The molecule has 0 spiro atoms. The van der Waals surface area contributed by atoms with Crippen LogP contribution in [-0.4, -0.2) is 22.5 Å². The topological polar surface area (TPSA) is 78.0 Å². The fraction of sp³-hybridized carbons (Fsp3) is 0.0476. The van der Waals surface area contributed by atoms with E-state index in [0.717, 1.165) is 15.1 Å². The lowest BCUT2D eigenvalue weighted by atomic mass is 10.1. The Bertz CT molecular complexity index is 1340. The van der Waals surface area contributed by atoms with Crippen LogP contribution in [0.5, 0.6) is 0 Å². The molecule has 0 bridgehead atoms. The van der Waals surface area contributed by atoms with Gasteiger partial charge in [-0.1, -0.05) is 47.6 Å². The number of rotatable bonds is 5. The van der Waals surface area contributed by atoms with Gasteiger partial charge in [0.05, 0.1) is 4.90 Å². The quantitative estimate of drug-likeness (QED) is 0.434. The Morgan fingerprint density at radius 2 is 1.68 bits per heavy atom. The van der Waals surface area contributed by atoms with Gasteiger partial charge in [-0.15, -0.1) is 0 Å². The van der Waals surface area contributed by atoms with Crippen molar-refractivity contribution in [1.82, 2.24) is 14.1 Å². The lowest BCUT2D eigenvalue weighted by molar-refractivity contribution is -0.159. The van der Waals surface area contributed by atoms with Crippen LogP contribution >= 0.6 is 0 Å². The lowest BCUT2D eigenvalue weighted by Crippen LogP contribution is -2.10. The SMILES string of the molecule is O=S(=O)(c1cccc(-c2ccccc2)c1)n1ccc(/C=C/c2noc(C(F)(F)F)n2)c1. The van der Waals surface area contributed by atoms with Crippen LogP contribution in [0.25, 0.3) is 23.3 Å². The molecular weight excluding hydrogens is 431 g/mol. The van der Waals surface area contributed by atoms with Crippen LogP contribution in [0.1, 0.15) is 17.3 Å². The highest BCUT2D eigenvalue weighted by Crippen LogP contribution is 2.28. The summed E-state index contributed by atoms with van der Waals surface area (Å²) in [5.41, 5.74) is 2.07. The lowest BCUT2D eigenvalue weighted by Gasteiger charge is -2.08. The summed E-state index contributed by atoms with van der Waals surface area (Å²) in [6.07, 6.45) is 0.538. The van der Waals surface area contributed by atoms with Gasteiger partial charge in [0.2, 0.25) is 0 Å². The van der Waals surface area contributed by atoms with Crippen LogP contribution in [0.15, 0.2) is 82.5 Å². The van der Waals surface area contributed by atoms with Crippen molar-refractivity contribution in [2.75, 3.05) is 0 Å². The molecule has 2 aromatic heterocycles. The van der Waals surface area contributed by atoms with E-state index in [1.807, 2.05) is 36.4 Å². The van der Waals surface area contributed by atoms with Gasteiger partial charge >= 0.3 is 12.1 Å². The van der Waals surface area contributed by atoms with Crippen LogP contribution in [0.2, 0.25) is 0 Å². The third kappa shape index (κ3) is 4.43. The average Bonchev–Trinajstić information content (AvgIpc) is 3.43. The van der Waals surface area contributed by atoms with E-state index in [9.17, 15) is 21.6 Å². The Hall–Kier alpha value is -3.66. The monoisotopic (exact) mass is 445 g/mol. The Balaban J connectivity index is 1.58. The van der Waals surface area contributed by atoms with E-state index in [1.54, 1.807) is 12.1 Å². The van der Waals surface area contributed by atoms with Crippen LogP contribution in [0.3, 0.4) is 0 Å². The highest BCUT2D eigenvalue weighted by molar-refractivity contribution is 7.90. The average molecular weight is 445 g/mol. The van der Waals surface area contributed by atoms with Crippen molar-refractivity contribution in [3.05, 3.63) is 90.3 Å². The number of alkyl halides is 3. The fourth-order valence-electron chi connectivity index (χ4n) is 2.82. The summed E-state index contributed by atoms with van der Waals surface area (Å²) in [6, 6.07) is 17.4. The molecule has 2 aromatic carbocycles. The van der Waals surface area contributed by atoms with Crippen LogP contribution < -0.4 is 0 Å². The summed E-state index contributed by atoms with van der Waals surface area (Å²) in [7, 11) is -3.86. The maximum atomic E-state index is 13.0. The molecule has 0 amide bonds. The Labute approximate surface area is 175 Å². The molecule has 0 fully saturated rings. The third-order valence-corrected chi connectivity index (χ3v) is 5.95. The van der Waals surface area contributed by atoms with Crippen LogP contribution in [0, 0.1) is 0 Å². The number of halogens is 3. The molecule has 0 aliphatic heterocycles. The zero-order chi connectivity index (χ0) is 22.1. The zero-order valence-electron chi connectivity index (χ0n) is 15.7. The highest BCUT2D eigenvalue weighted by Gasteiger charge is 2.38. The molecule has 0 atom stereocenters. The standard InChI is InChI=1S/C21H14F3N3O3S/c22-21(23,24)20-25-19(26-30-20)10-9-15-11-12-27(14-15)31(28,29)18-8-4-7-17(13-18)16-5-2-1-3-6-16/h1-14H/b10-9+. The van der Waals surface area contributed by atoms with Gasteiger partial charge in [-0.25, -0.2) is 12.4 Å². The molecular formula is C21H14F3N3O3S. The van der Waals surface area contributed by atoms with Crippen LogP contribution in [-0.2, 0) is 16.2 Å². The molecule has 0 saturated heterocycles. The minimum atomic E-state index is -4.73. The van der Waals surface area contributed by atoms with Gasteiger partial charge < -0.3 is 4.52 Å². The molecule has 0 radical (unpaired) electrons. The molecule has 0 aliphatic carbocycles. The summed E-state index contributed by atoms with van der Waals surface area (Å²) < 4.78 is 68.7. The summed E-state index contributed by atoms with van der Waals surface area (Å²) in [5, 5.41) is 3.22. The number of benzene rings is 2. The van der Waals surface area contributed by atoms with Gasteiger partial charge in [-0.3, -0.25) is 0 Å². The first-order valence-corrected chi connectivity index (χ1v) is 10.4. The molecule has 0 aliphatic rings. The summed E-state index contributed by atoms with van der Waals surface area (Å²) in [5.74, 6) is -1.73. The predicted octanol–water partition coefficient (Wildman–Crippen LogP) is 4.96. The predicted molar refractivity (Wildman–Crippen MR) is 107 cm³/mol. The van der Waals surface area contributed by atoms with Gasteiger partial charge in [-0.05, 0) is 47.0 Å². The van der Waals surface area contributed by atoms with E-state index in [4.69, 9.17) is 0 Å². The second-order valence-corrected chi connectivity index (χ2v) is 8.31. The number of nitrogens with zero attached hydrogens (tertiary/aromatic N) is 3. The van der Waals surface area contributed by atoms with E-state index in [-0.39, 0.29) is 10.7 Å². The van der Waals surface area contributed by atoms with Crippen LogP contribution in [0.4, 0.5) is 13.2 Å². The van der Waals surface area contributed by atoms with Crippen molar-refractivity contribution in [3.63, 3.8) is 0 Å². The molecule has 0 N–H and O–H groups in total. The number of hydrogen-bond acceptors (Lipinski definition) is 5. The van der Waals surface area contributed by atoms with E-state index in [0.29, 0.717) is 5.56 Å². The Kier molecular flexibility index (Phi) is 5.24. The summed E-state index contributed by atoms with van der Waals surface area (Å²) in [4.78, 5) is 3.33. The van der Waals surface area contributed by atoms with Crippen molar-refractivity contribution in [2.45, 2.75) is 11.1 Å². The number of hydrogen-bond donors (Lipinski definition) is 0. The molecule has 2 heterocycles. The minimum absolute atomic E-state index is 0.105. The minimum Gasteiger partial charge on any atom is -0.329 e. The molecule has 158 valence electrons. The van der Waals surface area contributed by atoms with Gasteiger partial charge in [0.15, 0.2) is 5.82 Å². The maximum absolute atomic E-state index is 13.0. The summed E-state index contributed by atoms with van der Waals surface area (Å²) in [6.45, 7) is 0. The Morgan fingerprint density at radius 1 is 0.935 bits per heavy atom. The maximum Gasteiger partial charge on any atom is 0.471 e. The first kappa shape index (κ1) is 20.6. The van der Waals surface area contributed by atoms with Gasteiger partial charge in [-0.2, -0.15) is 18.2 Å². The molecule has 10 heteroatoms. The van der Waals surface area contributed by atoms with Gasteiger partial charge in [0.1, 0.15) is 0 Å². The van der Waals surface area contributed by atoms with Crippen molar-refractivity contribution < 1.29 is 26.1 Å². The molecule has 31 heavy (non-hydrogen) atoms. The number of aromatic nitrogens is 3. The third-order valence-electron chi connectivity index (χ3n) is 4.32. The van der Waals surface area contributed by atoms with Crippen molar-refractivity contribution in [1.29, 1.82) is 0 Å². The normalized spacial score (nSPS) is 12.5. The second kappa shape index (κ2) is 7.88. The van der Waals surface area contributed by atoms with Crippen molar-refractivity contribution in [3.8, 4) is 11.1 Å². The van der Waals surface area contributed by atoms with Crippen molar-refractivity contribution in [2.24, 2.45) is 0 Å². The summed E-state index contributed by atoms with van der Waals surface area (Å²) >= 11 is 0. The second-order valence-electron chi connectivity index (χ2n) is 6.46. The van der Waals surface area contributed by atoms with Crippen molar-refractivity contribution >= 4 is 22.2 Å². The Morgan fingerprint density at radius 3 is 2.39 bits per heavy atom. The smallest absolute Gasteiger partial charge is 0.329 e. The van der Waals surface area contributed by atoms with Gasteiger partial charge in [0.25, 0.3) is 10.0 Å². The fourth-order valence-corrected chi connectivity index (χ4v) is 4.07. The highest BCUT2D eigenvalue weighted by atomic mass is 32.2. The molecule has 4 rings (SSSR count). The molecule has 0 unspecified atom stereocenters. The first-order valence-electron chi connectivity index (χ1n) is 8.91. The van der Waals surface area contributed by atoms with E-state index >= 15 is 0 Å². The zero-order valence-corrected chi connectivity index (χ0v) is 16.5. The molecule has 6 nitrogen and oxygen atoms in total. The molecule has 0 saturated carbocycles. The van der Waals surface area contributed by atoms with Gasteiger partial charge in [0, 0.05) is 12.4 Å². The van der Waals surface area contributed by atoms with E-state index < -0.39 is 22.1 Å². The largest absolute Gasteiger partial charge is 0.471 e. The molecule has 4 aromatic rings. The van der Waals surface area contributed by atoms with E-state index in [1.165, 1.54) is 36.7 Å².